The van der Waals surface area contributed by atoms with Crippen molar-refractivity contribution in [3.63, 3.8) is 0 Å². The molecule has 148 valence electrons. The van der Waals surface area contributed by atoms with E-state index >= 15 is 0 Å². The van der Waals surface area contributed by atoms with Crippen molar-refractivity contribution in [3.8, 4) is 0 Å². The molecule has 1 aromatic rings. The third-order valence-electron chi connectivity index (χ3n) is 6.42. The van der Waals surface area contributed by atoms with E-state index < -0.39 is 0 Å². The van der Waals surface area contributed by atoms with E-state index in [4.69, 9.17) is 0 Å². The third-order valence-corrected chi connectivity index (χ3v) is 6.42. The minimum atomic E-state index is -0.372. The zero-order valence-corrected chi connectivity index (χ0v) is 16.6. The molecule has 4 rings (SSSR count). The number of nitrogens with zero attached hydrogens (tertiary/aromatic N) is 4. The molecular weight excluding hydrogens is 340 g/mol. The molecule has 1 atom stereocenters. The number of hydrogen-bond acceptors (Lipinski definition) is 5. The van der Waals surface area contributed by atoms with Gasteiger partial charge < -0.3 is 10.0 Å². The number of β-amino-alcohol motifs (C(OH)–C–C–N with tert-alkyl or cyclic N) is 1. The third kappa shape index (κ3) is 4.16. The second-order valence-electron chi connectivity index (χ2n) is 9.13. The van der Waals surface area contributed by atoms with E-state index in [1.807, 2.05) is 17.2 Å². The van der Waals surface area contributed by atoms with E-state index in [0.717, 1.165) is 50.5 Å². The molecule has 27 heavy (non-hydrogen) atoms. The quantitative estimate of drug-likeness (QED) is 0.858. The average molecular weight is 373 g/mol. The van der Waals surface area contributed by atoms with Crippen LogP contribution in [0, 0.1) is 11.3 Å². The summed E-state index contributed by atoms with van der Waals surface area (Å²) < 4.78 is 0. The van der Waals surface area contributed by atoms with Crippen LogP contribution in [0.15, 0.2) is 12.3 Å². The Morgan fingerprint density at radius 3 is 2.70 bits per heavy atom. The van der Waals surface area contributed by atoms with Crippen LogP contribution in [0.5, 0.6) is 0 Å². The highest BCUT2D eigenvalue weighted by Crippen LogP contribution is 2.42. The Bertz CT molecular complexity index is 679. The first kappa shape index (κ1) is 18.8. The van der Waals surface area contributed by atoms with Gasteiger partial charge in [-0.2, -0.15) is 0 Å². The number of rotatable bonds is 5. The molecule has 3 heterocycles. The van der Waals surface area contributed by atoms with Crippen LogP contribution in [0.1, 0.15) is 63.4 Å². The summed E-state index contributed by atoms with van der Waals surface area (Å²) in [6.45, 7) is 8.17. The summed E-state index contributed by atoms with van der Waals surface area (Å²) >= 11 is 0. The highest BCUT2D eigenvalue weighted by atomic mass is 16.3. The maximum Gasteiger partial charge on any atom is 0.229 e. The topological polar surface area (TPSA) is 69.6 Å². The van der Waals surface area contributed by atoms with Gasteiger partial charge in [0.15, 0.2) is 0 Å². The Hall–Kier alpha value is -1.53. The molecule has 6 nitrogen and oxygen atoms in total. The van der Waals surface area contributed by atoms with Gasteiger partial charge in [0.1, 0.15) is 5.82 Å². The zero-order chi connectivity index (χ0) is 19.0. The molecule has 1 amide bonds. The fourth-order valence-corrected chi connectivity index (χ4v) is 4.61. The largest absolute Gasteiger partial charge is 0.391 e. The Morgan fingerprint density at radius 1 is 1.30 bits per heavy atom. The number of piperidine rings is 2. The van der Waals surface area contributed by atoms with E-state index in [9.17, 15) is 9.90 Å². The molecule has 2 saturated heterocycles. The van der Waals surface area contributed by atoms with Gasteiger partial charge in [-0.15, -0.1) is 0 Å². The number of likely N-dealkylation sites (tertiary alicyclic amines) is 2. The number of aliphatic hydroxyl groups excluding tert-OH is 1. The lowest BCUT2D eigenvalue weighted by atomic mass is 9.70. The summed E-state index contributed by atoms with van der Waals surface area (Å²) in [5, 5.41) is 10.4. The molecule has 0 radical (unpaired) electrons. The van der Waals surface area contributed by atoms with Crippen molar-refractivity contribution in [1.82, 2.24) is 19.8 Å². The molecule has 1 aromatic heterocycles. The van der Waals surface area contributed by atoms with Crippen molar-refractivity contribution < 1.29 is 9.90 Å². The summed E-state index contributed by atoms with van der Waals surface area (Å²) in [5.74, 6) is 2.18. The predicted octanol–water partition coefficient (Wildman–Crippen LogP) is 2.19. The van der Waals surface area contributed by atoms with Crippen molar-refractivity contribution in [1.29, 1.82) is 0 Å². The van der Waals surface area contributed by atoms with Crippen LogP contribution in [0.2, 0.25) is 0 Å². The SMILES string of the molecule is CC(C)c1nccc(CN2CCC3(CC2)CC(O)CN(CC2CC2)C3=O)n1. The van der Waals surface area contributed by atoms with E-state index in [2.05, 4.69) is 28.7 Å². The number of aromatic nitrogens is 2. The molecule has 1 saturated carbocycles. The number of carbonyl (C=O) groups excluding carboxylic acids is 1. The van der Waals surface area contributed by atoms with Gasteiger partial charge in [-0.3, -0.25) is 9.69 Å². The first-order valence-corrected chi connectivity index (χ1v) is 10.5. The molecule has 2 aliphatic heterocycles. The number of aliphatic hydroxyl groups is 1. The van der Waals surface area contributed by atoms with E-state index in [1.54, 1.807) is 0 Å². The standard InChI is InChI=1S/C21H32N4O2/c1-15(2)19-22-8-5-17(23-19)13-24-9-6-21(7-10-24)11-18(26)14-25(20(21)27)12-16-3-4-16/h5,8,15-16,18,26H,3-4,6-7,9-14H2,1-2H3. The predicted molar refractivity (Wildman–Crippen MR) is 103 cm³/mol. The van der Waals surface area contributed by atoms with Crippen LogP contribution in [0.4, 0.5) is 0 Å². The molecule has 1 aliphatic carbocycles. The van der Waals surface area contributed by atoms with Crippen LogP contribution in [0.3, 0.4) is 0 Å². The molecule has 0 aromatic carbocycles. The smallest absolute Gasteiger partial charge is 0.229 e. The molecule has 3 aliphatic rings. The number of amides is 1. The summed E-state index contributed by atoms with van der Waals surface area (Å²) in [6, 6.07) is 1.99. The highest BCUT2D eigenvalue weighted by molar-refractivity contribution is 5.84. The van der Waals surface area contributed by atoms with E-state index in [0.29, 0.717) is 30.7 Å². The van der Waals surface area contributed by atoms with Gasteiger partial charge in [0.05, 0.1) is 17.2 Å². The van der Waals surface area contributed by atoms with Crippen LogP contribution in [-0.4, -0.2) is 63.1 Å². The first-order valence-electron chi connectivity index (χ1n) is 10.5. The first-order chi connectivity index (χ1) is 12.9. The molecule has 3 fully saturated rings. The second kappa shape index (κ2) is 7.47. The lowest BCUT2D eigenvalue weighted by Crippen LogP contribution is -2.57. The molecule has 1 unspecified atom stereocenters. The van der Waals surface area contributed by atoms with Crippen LogP contribution in [-0.2, 0) is 11.3 Å². The van der Waals surface area contributed by atoms with Gasteiger partial charge in [0.2, 0.25) is 5.91 Å². The van der Waals surface area contributed by atoms with Crippen LogP contribution in [0.25, 0.3) is 0 Å². The molecule has 1 spiro atoms. The van der Waals surface area contributed by atoms with Crippen molar-refractivity contribution >= 4 is 5.91 Å². The average Bonchev–Trinajstić information content (AvgIpc) is 3.46. The fraction of sp³-hybridized carbons (Fsp3) is 0.762. The normalized spacial score (nSPS) is 26.1. The van der Waals surface area contributed by atoms with Crippen molar-refractivity contribution in [2.24, 2.45) is 11.3 Å². The summed E-state index contributed by atoms with van der Waals surface area (Å²) in [4.78, 5) is 26.5. The van der Waals surface area contributed by atoms with Gasteiger partial charge in [-0.05, 0) is 57.2 Å². The maximum absolute atomic E-state index is 13.2. The van der Waals surface area contributed by atoms with Crippen molar-refractivity contribution in [3.05, 3.63) is 23.8 Å². The molecular formula is C21H32N4O2. The van der Waals surface area contributed by atoms with Crippen molar-refractivity contribution in [2.75, 3.05) is 26.2 Å². The lowest BCUT2D eigenvalue weighted by Gasteiger charge is -2.48. The number of carbonyl (C=O) groups is 1. The summed E-state index contributed by atoms with van der Waals surface area (Å²) in [7, 11) is 0. The minimum absolute atomic E-state index is 0.295. The van der Waals surface area contributed by atoms with Crippen LogP contribution < -0.4 is 0 Å². The van der Waals surface area contributed by atoms with E-state index in [1.165, 1.54) is 12.8 Å². The Balaban J connectivity index is 1.38. The van der Waals surface area contributed by atoms with Gasteiger partial charge in [-0.1, -0.05) is 13.8 Å². The Labute approximate surface area is 162 Å². The molecule has 1 N–H and O–H groups in total. The summed E-state index contributed by atoms with van der Waals surface area (Å²) in [5.41, 5.74) is 0.702. The maximum atomic E-state index is 13.2. The van der Waals surface area contributed by atoms with Gasteiger partial charge in [0.25, 0.3) is 0 Å². The van der Waals surface area contributed by atoms with Gasteiger partial charge >= 0.3 is 0 Å². The van der Waals surface area contributed by atoms with Crippen molar-refractivity contribution in [2.45, 2.75) is 64.5 Å². The minimum Gasteiger partial charge on any atom is -0.391 e. The summed E-state index contributed by atoms with van der Waals surface area (Å²) in [6.07, 6.45) is 6.25. The van der Waals surface area contributed by atoms with Crippen LogP contribution >= 0.6 is 0 Å². The molecule has 0 bridgehead atoms. The number of hydrogen-bond donors (Lipinski definition) is 1. The Kier molecular flexibility index (Phi) is 5.21. The lowest BCUT2D eigenvalue weighted by molar-refractivity contribution is -0.157. The second-order valence-corrected chi connectivity index (χ2v) is 9.13. The van der Waals surface area contributed by atoms with Gasteiger partial charge in [0, 0.05) is 31.7 Å². The Morgan fingerprint density at radius 2 is 2.04 bits per heavy atom. The van der Waals surface area contributed by atoms with Gasteiger partial charge in [-0.25, -0.2) is 9.97 Å². The monoisotopic (exact) mass is 372 g/mol. The fourth-order valence-electron chi connectivity index (χ4n) is 4.61. The zero-order valence-electron chi connectivity index (χ0n) is 16.6. The highest BCUT2D eigenvalue weighted by Gasteiger charge is 2.49. The van der Waals surface area contributed by atoms with E-state index in [-0.39, 0.29) is 11.5 Å². The molecule has 6 heteroatoms.